The quantitative estimate of drug-likeness (QED) is 0.134. The molecule has 0 atom stereocenters. The van der Waals surface area contributed by atoms with Crippen LogP contribution in [0.2, 0.25) is 0 Å². The van der Waals surface area contributed by atoms with Gasteiger partial charge in [0.25, 0.3) is 0 Å². The molecular weight excluding hydrogens is 735 g/mol. The summed E-state index contributed by atoms with van der Waals surface area (Å²) in [6.07, 6.45) is 0. The third kappa shape index (κ3) is 7.69. The maximum Gasteiger partial charge on any atom is 0.0618 e. The average molecular weight is 778 g/mol. The molecule has 0 spiro atoms. The minimum Gasteiger partial charge on any atom is -0.309 e. The van der Waals surface area contributed by atoms with Crippen LogP contribution in [-0.4, -0.2) is 0 Å². The summed E-state index contributed by atoms with van der Waals surface area (Å²) in [5, 5.41) is 0. The summed E-state index contributed by atoms with van der Waals surface area (Å²) in [5.41, 5.74) is 19.8. The number of anilines is 3. The lowest BCUT2D eigenvalue weighted by molar-refractivity contribution is 1.28. The van der Waals surface area contributed by atoms with Gasteiger partial charge in [0.2, 0.25) is 0 Å². The largest absolute Gasteiger partial charge is 0.309 e. The predicted molar refractivity (Wildman–Crippen MR) is 259 cm³/mol. The van der Waals surface area contributed by atoms with Crippen molar-refractivity contribution in [1.29, 1.82) is 0 Å². The summed E-state index contributed by atoms with van der Waals surface area (Å²) < 4.78 is 0. The molecule has 0 radical (unpaired) electrons. The number of hydrogen-bond acceptors (Lipinski definition) is 1. The molecule has 0 bridgehead atoms. The van der Waals surface area contributed by atoms with Crippen LogP contribution < -0.4 is 4.90 Å². The van der Waals surface area contributed by atoms with E-state index in [1.54, 1.807) is 0 Å². The van der Waals surface area contributed by atoms with Crippen molar-refractivity contribution in [3.63, 3.8) is 0 Å². The predicted octanol–water partition coefficient (Wildman–Crippen LogP) is 16.8. The molecular formula is C60H43N. The van der Waals surface area contributed by atoms with Gasteiger partial charge in [0.05, 0.1) is 5.69 Å². The fraction of sp³-hybridized carbons (Fsp3) is 0. The van der Waals surface area contributed by atoms with Gasteiger partial charge in [-0.25, -0.2) is 0 Å². The molecule has 0 saturated heterocycles. The second kappa shape index (κ2) is 17.1. The Bertz CT molecular complexity index is 2950. The molecule has 10 aromatic rings. The van der Waals surface area contributed by atoms with Crippen LogP contribution in [0.5, 0.6) is 0 Å². The fourth-order valence-corrected chi connectivity index (χ4v) is 8.54. The number of hydrogen-bond donors (Lipinski definition) is 0. The van der Waals surface area contributed by atoms with Crippen molar-refractivity contribution in [2.45, 2.75) is 0 Å². The molecule has 0 aliphatic heterocycles. The Balaban J connectivity index is 1.18. The van der Waals surface area contributed by atoms with Crippen molar-refractivity contribution in [3.05, 3.63) is 261 Å². The lowest BCUT2D eigenvalue weighted by Crippen LogP contribution is -2.13. The third-order valence-electron chi connectivity index (χ3n) is 11.5. The van der Waals surface area contributed by atoms with Crippen LogP contribution >= 0.6 is 0 Å². The second-order valence-corrected chi connectivity index (χ2v) is 15.3. The van der Waals surface area contributed by atoms with Gasteiger partial charge in [0, 0.05) is 22.5 Å². The molecule has 0 heterocycles. The minimum atomic E-state index is 1.07. The first-order valence-corrected chi connectivity index (χ1v) is 20.9. The van der Waals surface area contributed by atoms with Gasteiger partial charge in [-0.2, -0.15) is 0 Å². The topological polar surface area (TPSA) is 3.24 Å². The monoisotopic (exact) mass is 777 g/mol. The Morgan fingerprint density at radius 3 is 0.836 bits per heavy atom. The van der Waals surface area contributed by atoms with Crippen molar-refractivity contribution >= 4 is 17.1 Å². The Kier molecular flexibility index (Phi) is 10.4. The Hall–Kier alpha value is -8.00. The Morgan fingerprint density at radius 1 is 0.180 bits per heavy atom. The van der Waals surface area contributed by atoms with Crippen LogP contribution in [-0.2, 0) is 0 Å². The molecule has 0 N–H and O–H groups in total. The van der Waals surface area contributed by atoms with E-state index in [0.29, 0.717) is 0 Å². The smallest absolute Gasteiger partial charge is 0.0618 e. The molecule has 0 amide bonds. The molecule has 0 aliphatic rings. The summed E-state index contributed by atoms with van der Waals surface area (Å²) in [5.74, 6) is 0. The van der Waals surface area contributed by atoms with Crippen LogP contribution in [0.25, 0.3) is 77.9 Å². The second-order valence-electron chi connectivity index (χ2n) is 15.3. The van der Waals surface area contributed by atoms with Crippen molar-refractivity contribution < 1.29 is 0 Å². The zero-order valence-corrected chi connectivity index (χ0v) is 33.8. The third-order valence-corrected chi connectivity index (χ3v) is 11.5. The minimum absolute atomic E-state index is 1.07. The van der Waals surface area contributed by atoms with E-state index >= 15 is 0 Å². The van der Waals surface area contributed by atoms with Gasteiger partial charge in [-0.05, 0) is 103 Å². The summed E-state index contributed by atoms with van der Waals surface area (Å²) in [6.45, 7) is 0. The van der Waals surface area contributed by atoms with E-state index in [9.17, 15) is 0 Å². The van der Waals surface area contributed by atoms with Crippen molar-refractivity contribution in [2.75, 3.05) is 4.90 Å². The van der Waals surface area contributed by atoms with Gasteiger partial charge >= 0.3 is 0 Å². The molecule has 0 fully saturated rings. The van der Waals surface area contributed by atoms with E-state index in [4.69, 9.17) is 0 Å². The molecule has 61 heavy (non-hydrogen) atoms. The van der Waals surface area contributed by atoms with Crippen LogP contribution in [0.3, 0.4) is 0 Å². The van der Waals surface area contributed by atoms with Crippen LogP contribution in [0.4, 0.5) is 17.1 Å². The van der Waals surface area contributed by atoms with Gasteiger partial charge in [-0.15, -0.1) is 0 Å². The molecule has 0 unspecified atom stereocenters. The highest BCUT2D eigenvalue weighted by atomic mass is 15.1. The first-order chi connectivity index (χ1) is 30.3. The molecule has 1 heteroatoms. The van der Waals surface area contributed by atoms with Crippen LogP contribution in [0.1, 0.15) is 0 Å². The lowest BCUT2D eigenvalue weighted by Gasteiger charge is -2.31. The van der Waals surface area contributed by atoms with E-state index in [1.807, 2.05) is 0 Å². The Morgan fingerprint density at radius 2 is 0.443 bits per heavy atom. The SMILES string of the molecule is c1ccc(-c2ccc(N(c3ccc(-c4ccccc4-c4ccccc4-c4ccccc4)cc3)c3c(-c4ccccc4)cc(-c4ccccc4)cc3-c3ccccc3)cc2)cc1. The molecule has 0 aromatic heterocycles. The summed E-state index contributed by atoms with van der Waals surface area (Å²) >= 11 is 0. The Labute approximate surface area is 359 Å². The van der Waals surface area contributed by atoms with E-state index < -0.39 is 0 Å². The zero-order chi connectivity index (χ0) is 40.8. The molecule has 10 aromatic carbocycles. The highest BCUT2D eigenvalue weighted by Crippen LogP contribution is 2.49. The van der Waals surface area contributed by atoms with Gasteiger partial charge in [0.1, 0.15) is 0 Å². The zero-order valence-electron chi connectivity index (χ0n) is 33.8. The number of nitrogens with zero attached hydrogens (tertiary/aromatic N) is 1. The summed E-state index contributed by atoms with van der Waals surface area (Å²) in [4.78, 5) is 2.45. The van der Waals surface area contributed by atoms with E-state index in [0.717, 1.165) is 44.9 Å². The fourth-order valence-electron chi connectivity index (χ4n) is 8.54. The van der Waals surface area contributed by atoms with Crippen molar-refractivity contribution in [1.82, 2.24) is 0 Å². The molecule has 1 nitrogen and oxygen atoms in total. The standard InChI is InChI=1S/C60H43N/c1-6-20-44(21-7-1)46-34-38-52(39-35-46)61(53-40-36-50(37-41-53)55-31-17-19-33-57(55)56-32-18-16-30-54(56)47-24-10-3-11-25-47)60-58(48-26-12-4-13-27-48)42-51(45-22-8-2-9-23-45)43-59(60)49-28-14-5-15-29-49/h1-43H. The van der Waals surface area contributed by atoms with E-state index in [1.165, 1.54) is 50.1 Å². The highest BCUT2D eigenvalue weighted by molar-refractivity contribution is 6.01. The van der Waals surface area contributed by atoms with Gasteiger partial charge in [0.15, 0.2) is 0 Å². The average Bonchev–Trinajstić information content (AvgIpc) is 3.36. The summed E-state index contributed by atoms with van der Waals surface area (Å²) in [7, 11) is 0. The van der Waals surface area contributed by atoms with Crippen molar-refractivity contribution in [3.8, 4) is 77.9 Å². The number of rotatable bonds is 10. The molecule has 10 rings (SSSR count). The lowest BCUT2D eigenvalue weighted by atomic mass is 9.89. The molecule has 288 valence electrons. The van der Waals surface area contributed by atoms with Crippen molar-refractivity contribution in [2.24, 2.45) is 0 Å². The maximum absolute atomic E-state index is 2.45. The summed E-state index contributed by atoms with van der Waals surface area (Å²) in [6, 6.07) is 94.1. The van der Waals surface area contributed by atoms with Gasteiger partial charge in [-0.1, -0.05) is 224 Å². The van der Waals surface area contributed by atoms with Crippen LogP contribution in [0, 0.1) is 0 Å². The normalized spacial score (nSPS) is 11.0. The van der Waals surface area contributed by atoms with Crippen LogP contribution in [0.15, 0.2) is 261 Å². The van der Waals surface area contributed by atoms with Gasteiger partial charge in [-0.3, -0.25) is 0 Å². The first kappa shape index (κ1) is 37.3. The van der Waals surface area contributed by atoms with E-state index in [2.05, 4.69) is 266 Å². The number of benzene rings is 10. The van der Waals surface area contributed by atoms with Gasteiger partial charge < -0.3 is 4.90 Å². The van der Waals surface area contributed by atoms with E-state index in [-0.39, 0.29) is 0 Å². The molecule has 0 aliphatic carbocycles. The molecule has 0 saturated carbocycles. The first-order valence-electron chi connectivity index (χ1n) is 20.9. The maximum atomic E-state index is 2.45. The highest BCUT2D eigenvalue weighted by Gasteiger charge is 2.24.